The number of carbonyl (C=O) groups excluding carboxylic acids is 1. The van der Waals surface area contributed by atoms with Gasteiger partial charge in [0.05, 0.1) is 0 Å². The summed E-state index contributed by atoms with van der Waals surface area (Å²) in [4.78, 5) is 12.6. The van der Waals surface area contributed by atoms with Crippen molar-refractivity contribution >= 4 is 6.29 Å². The van der Waals surface area contributed by atoms with E-state index in [0.717, 1.165) is 36.5 Å². The van der Waals surface area contributed by atoms with Gasteiger partial charge >= 0.3 is 0 Å². The number of piperidine rings is 1. The molecule has 0 aromatic carbocycles. The maximum Gasteiger partial charge on any atom is 0.126 e. The number of hydrogen-bond donors (Lipinski definition) is 1. The Balaban J connectivity index is 1.55. The Morgan fingerprint density at radius 2 is 1.55 bits per heavy atom. The highest BCUT2D eigenvalue weighted by atomic mass is 16.1. The Morgan fingerprint density at radius 3 is 2.23 bits per heavy atom. The van der Waals surface area contributed by atoms with Gasteiger partial charge in [-0.2, -0.15) is 0 Å². The highest BCUT2D eigenvalue weighted by Crippen LogP contribution is 2.76. The van der Waals surface area contributed by atoms with E-state index in [2.05, 4.69) is 53.8 Å². The van der Waals surface area contributed by atoms with E-state index in [0.29, 0.717) is 28.1 Å². The monoisotopic (exact) mass is 427 g/mol. The maximum absolute atomic E-state index is 12.6. The van der Waals surface area contributed by atoms with Crippen molar-refractivity contribution < 1.29 is 4.79 Å². The quantitative estimate of drug-likeness (QED) is 0.487. The molecule has 5 rings (SSSR count). The van der Waals surface area contributed by atoms with Gasteiger partial charge < -0.3 is 10.1 Å². The van der Waals surface area contributed by atoms with Gasteiger partial charge in [0.1, 0.15) is 6.29 Å². The van der Waals surface area contributed by atoms with Crippen LogP contribution in [0.5, 0.6) is 0 Å². The van der Waals surface area contributed by atoms with Crippen LogP contribution in [0.2, 0.25) is 0 Å². The van der Waals surface area contributed by atoms with Crippen molar-refractivity contribution in [3.63, 3.8) is 0 Å². The van der Waals surface area contributed by atoms with Crippen molar-refractivity contribution in [1.82, 2.24) is 5.32 Å². The summed E-state index contributed by atoms with van der Waals surface area (Å²) in [6.07, 6.45) is 13.2. The molecule has 9 atom stereocenters. The Hall–Kier alpha value is -0.370. The van der Waals surface area contributed by atoms with Crippen molar-refractivity contribution in [1.29, 1.82) is 0 Å². The van der Waals surface area contributed by atoms with E-state index in [1.54, 1.807) is 0 Å². The zero-order chi connectivity index (χ0) is 22.4. The fraction of sp³-hybridized carbons (Fsp3) is 0.966. The molecule has 0 aromatic heterocycles. The smallest absolute Gasteiger partial charge is 0.126 e. The predicted molar refractivity (Wildman–Crippen MR) is 129 cm³/mol. The van der Waals surface area contributed by atoms with Crippen LogP contribution in [0.15, 0.2) is 0 Å². The summed E-state index contributed by atoms with van der Waals surface area (Å²) in [7, 11) is 0. The molecule has 2 heteroatoms. The van der Waals surface area contributed by atoms with Crippen LogP contribution in [0.4, 0.5) is 0 Å². The SMILES string of the molecule is CC(C)[C@@H]1CC[C@]2(C=O)CC[C@]3(C)C(CC[C@H]4C3(C)CC[C@H]3C(C)(C)NCC[C@@]34C)[C@@H]12. The molecule has 1 saturated heterocycles. The Bertz CT molecular complexity index is 743. The molecule has 0 spiro atoms. The van der Waals surface area contributed by atoms with Crippen molar-refractivity contribution in [2.45, 2.75) is 112 Å². The van der Waals surface area contributed by atoms with E-state index in [9.17, 15) is 4.79 Å². The third-order valence-electron chi connectivity index (χ3n) is 13.0. The van der Waals surface area contributed by atoms with Crippen LogP contribution in [0.1, 0.15) is 106 Å². The van der Waals surface area contributed by atoms with Gasteiger partial charge in [0.25, 0.3) is 0 Å². The van der Waals surface area contributed by atoms with E-state index < -0.39 is 0 Å². The summed E-state index contributed by atoms with van der Waals surface area (Å²) >= 11 is 0. The lowest BCUT2D eigenvalue weighted by atomic mass is 9.33. The van der Waals surface area contributed by atoms with Gasteiger partial charge in [-0.1, -0.05) is 34.6 Å². The van der Waals surface area contributed by atoms with Gasteiger partial charge in [-0.3, -0.25) is 0 Å². The van der Waals surface area contributed by atoms with E-state index in [4.69, 9.17) is 0 Å². The minimum absolute atomic E-state index is 0.000162. The van der Waals surface area contributed by atoms with Gasteiger partial charge in [0.15, 0.2) is 0 Å². The summed E-state index contributed by atoms with van der Waals surface area (Å²) < 4.78 is 0. The topological polar surface area (TPSA) is 29.1 Å². The zero-order valence-corrected chi connectivity index (χ0v) is 21.5. The van der Waals surface area contributed by atoms with Crippen molar-refractivity contribution in [3.05, 3.63) is 0 Å². The molecule has 5 fully saturated rings. The van der Waals surface area contributed by atoms with Gasteiger partial charge in [0.2, 0.25) is 0 Å². The van der Waals surface area contributed by atoms with Crippen LogP contribution < -0.4 is 5.32 Å². The molecule has 4 saturated carbocycles. The van der Waals surface area contributed by atoms with Gasteiger partial charge in [0, 0.05) is 11.0 Å². The van der Waals surface area contributed by atoms with Crippen molar-refractivity contribution in [3.8, 4) is 0 Å². The molecule has 31 heavy (non-hydrogen) atoms. The molecule has 1 aliphatic heterocycles. The minimum Gasteiger partial charge on any atom is -0.311 e. The molecule has 0 radical (unpaired) electrons. The second-order valence-corrected chi connectivity index (χ2v) is 14.4. The average Bonchev–Trinajstić information content (AvgIpc) is 3.08. The van der Waals surface area contributed by atoms with Gasteiger partial charge in [-0.05, 0) is 130 Å². The lowest BCUT2D eigenvalue weighted by molar-refractivity contribution is -0.229. The molecule has 4 aliphatic carbocycles. The molecular formula is C29H49NO. The number of rotatable bonds is 2. The van der Waals surface area contributed by atoms with Crippen LogP contribution in [0.3, 0.4) is 0 Å². The second kappa shape index (κ2) is 6.83. The Morgan fingerprint density at radius 1 is 0.806 bits per heavy atom. The fourth-order valence-electron chi connectivity index (χ4n) is 11.3. The molecule has 0 bridgehead atoms. The molecule has 0 amide bonds. The molecular weight excluding hydrogens is 378 g/mol. The second-order valence-electron chi connectivity index (χ2n) is 14.4. The maximum atomic E-state index is 12.6. The molecule has 0 aromatic rings. The fourth-order valence-corrected chi connectivity index (χ4v) is 11.3. The lowest BCUT2D eigenvalue weighted by Gasteiger charge is -2.72. The molecule has 176 valence electrons. The van der Waals surface area contributed by atoms with Crippen LogP contribution in [-0.2, 0) is 4.79 Å². The van der Waals surface area contributed by atoms with Crippen LogP contribution in [0, 0.1) is 57.2 Å². The summed E-state index contributed by atoms with van der Waals surface area (Å²) in [6.45, 7) is 19.1. The first-order valence-electron chi connectivity index (χ1n) is 13.7. The number of aldehydes is 1. The van der Waals surface area contributed by atoms with Crippen molar-refractivity contribution in [2.75, 3.05) is 6.54 Å². The summed E-state index contributed by atoms with van der Waals surface area (Å²) in [5.74, 6) is 4.47. The van der Waals surface area contributed by atoms with E-state index >= 15 is 0 Å². The zero-order valence-electron chi connectivity index (χ0n) is 21.5. The third-order valence-corrected chi connectivity index (χ3v) is 13.0. The van der Waals surface area contributed by atoms with Gasteiger partial charge in [-0.15, -0.1) is 0 Å². The molecule has 1 N–H and O–H groups in total. The summed E-state index contributed by atoms with van der Waals surface area (Å²) in [6, 6.07) is 0. The largest absolute Gasteiger partial charge is 0.311 e. The van der Waals surface area contributed by atoms with E-state index in [1.165, 1.54) is 57.8 Å². The third kappa shape index (κ3) is 2.69. The van der Waals surface area contributed by atoms with Crippen LogP contribution in [-0.4, -0.2) is 18.4 Å². The highest BCUT2D eigenvalue weighted by molar-refractivity contribution is 5.61. The van der Waals surface area contributed by atoms with E-state index in [1.807, 2.05) is 0 Å². The summed E-state index contributed by atoms with van der Waals surface area (Å²) in [5.41, 5.74) is 1.54. The lowest BCUT2D eigenvalue weighted by Crippen LogP contribution is -2.69. The number of hydrogen-bond acceptors (Lipinski definition) is 2. The normalized spacial score (nSPS) is 55.7. The highest BCUT2D eigenvalue weighted by Gasteiger charge is 2.70. The number of fused-ring (bicyclic) bond motifs is 7. The van der Waals surface area contributed by atoms with Crippen LogP contribution in [0.25, 0.3) is 0 Å². The first kappa shape index (κ1) is 22.4. The number of nitrogens with one attached hydrogen (secondary N) is 1. The van der Waals surface area contributed by atoms with Crippen molar-refractivity contribution in [2.24, 2.45) is 57.2 Å². The first-order valence-corrected chi connectivity index (χ1v) is 13.7. The standard InChI is InChI=1S/C29H49NO/c1-19(2)20-10-13-29(18-31)15-14-27(6)21(24(20)29)8-9-23-26(5)16-17-30-25(3,4)22(26)11-12-28(23,27)7/h18-24,30H,8-17H2,1-7H3/t20-,21?,22-,23+,24+,26-,27+,28?,29+/m0/s1. The average molecular weight is 428 g/mol. The summed E-state index contributed by atoms with van der Waals surface area (Å²) in [5, 5.41) is 3.88. The van der Waals surface area contributed by atoms with Gasteiger partial charge in [-0.25, -0.2) is 0 Å². The molecule has 2 unspecified atom stereocenters. The predicted octanol–water partition coefficient (Wildman–Crippen LogP) is 6.87. The van der Waals surface area contributed by atoms with E-state index in [-0.39, 0.29) is 11.0 Å². The Kier molecular flexibility index (Phi) is 4.94. The molecule has 5 aliphatic rings. The molecule has 1 heterocycles. The van der Waals surface area contributed by atoms with Crippen LogP contribution >= 0.6 is 0 Å². The molecule has 2 nitrogen and oxygen atoms in total. The first-order chi connectivity index (χ1) is 14.5. The Labute approximate surface area is 192 Å². The minimum atomic E-state index is 0.000162. The number of carbonyl (C=O) groups is 1.